The number of hydrazone groups is 1. The number of Topliss-reactive ketones (excluding diaryl/α,β-unsaturated/α-hetero) is 1. The molecule has 0 atom stereocenters. The molecule has 0 saturated carbocycles. The Kier molecular flexibility index (Phi) is 19.4. The van der Waals surface area contributed by atoms with Crippen LogP contribution in [0.15, 0.2) is 90.7 Å². The second-order valence-corrected chi connectivity index (χ2v) is 14.8. The first-order valence-electron chi connectivity index (χ1n) is 21.4. The average Bonchev–Trinajstić information content (AvgIpc) is 3.28. The molecule has 1 heterocycles. The van der Waals surface area contributed by atoms with Crippen LogP contribution in [0.5, 0.6) is 23.0 Å². The van der Waals surface area contributed by atoms with Gasteiger partial charge in [0, 0.05) is 60.8 Å². The summed E-state index contributed by atoms with van der Waals surface area (Å²) < 4.78 is 23.8. The van der Waals surface area contributed by atoms with E-state index < -0.39 is 5.97 Å². The molecule has 5 N–H and O–H groups in total. The van der Waals surface area contributed by atoms with Crippen molar-refractivity contribution in [2.24, 2.45) is 5.10 Å². The van der Waals surface area contributed by atoms with Crippen molar-refractivity contribution in [1.82, 2.24) is 15.6 Å². The number of hydrogen-bond donors (Lipinski definition) is 5. The van der Waals surface area contributed by atoms with Gasteiger partial charge in [-0.15, -0.1) is 6.58 Å². The molecule has 0 unspecified atom stereocenters. The van der Waals surface area contributed by atoms with Gasteiger partial charge in [-0.25, -0.2) is 4.98 Å². The number of nitrogens with one attached hydrogen (secondary N) is 3. The number of fused-ring (bicyclic) bond motifs is 1. The van der Waals surface area contributed by atoms with E-state index in [0.29, 0.717) is 73.0 Å². The second-order valence-electron chi connectivity index (χ2n) is 14.8. The number of carbonyl (C=O) groups is 4. The summed E-state index contributed by atoms with van der Waals surface area (Å²) in [7, 11) is 0. The molecule has 0 fully saturated rings. The number of carboxylic acids is 1. The molecule has 15 nitrogen and oxygen atoms in total. The molecule has 1 aliphatic rings. The Morgan fingerprint density at radius 2 is 1.49 bits per heavy atom. The number of phenolic OH excluding ortho intramolecular Hbond substituents is 1. The van der Waals surface area contributed by atoms with Crippen LogP contribution >= 0.6 is 0 Å². The zero-order valence-corrected chi connectivity index (χ0v) is 35.6. The molecule has 0 radical (unpaired) electrons. The van der Waals surface area contributed by atoms with E-state index in [1.54, 1.807) is 48.5 Å². The zero-order chi connectivity index (χ0) is 44.7. The smallest absolute Gasteiger partial charge is 0.303 e. The van der Waals surface area contributed by atoms with Crippen molar-refractivity contribution >= 4 is 35.6 Å². The molecule has 1 aliphatic carbocycles. The fourth-order valence-electron chi connectivity index (χ4n) is 6.89. The number of aromatic nitrogens is 1. The normalized spacial score (nSPS) is 12.0. The zero-order valence-electron chi connectivity index (χ0n) is 35.6. The Morgan fingerprint density at radius 1 is 0.778 bits per heavy atom. The number of allylic oxidation sites excluding steroid dienone is 1. The van der Waals surface area contributed by atoms with Gasteiger partial charge in [0.25, 0.3) is 5.91 Å². The first kappa shape index (κ1) is 47.3. The van der Waals surface area contributed by atoms with Crippen LogP contribution in [0.4, 0.5) is 5.82 Å². The summed E-state index contributed by atoms with van der Waals surface area (Å²) in [5, 5.41) is 28.8. The minimum atomic E-state index is -0.925. The number of carboxylic acid groups (broad SMARTS) is 1. The number of para-hydroxylation sites is 1. The molecule has 0 spiro atoms. The van der Waals surface area contributed by atoms with Crippen LogP contribution in [0.2, 0.25) is 0 Å². The van der Waals surface area contributed by atoms with Crippen molar-refractivity contribution in [3.63, 3.8) is 0 Å². The average molecular weight is 864 g/mol. The molecular formula is C48H57N5O10. The first-order valence-corrected chi connectivity index (χ1v) is 21.4. The van der Waals surface area contributed by atoms with Crippen molar-refractivity contribution in [3.8, 4) is 23.0 Å². The highest BCUT2D eigenvalue weighted by Crippen LogP contribution is 2.33. The quantitative estimate of drug-likeness (QED) is 0.0172. The van der Waals surface area contributed by atoms with Crippen LogP contribution in [-0.4, -0.2) is 91.1 Å². The van der Waals surface area contributed by atoms with Crippen molar-refractivity contribution < 1.29 is 48.3 Å². The number of ether oxygens (including phenoxy) is 4. The molecule has 334 valence electrons. The van der Waals surface area contributed by atoms with Crippen LogP contribution in [0.25, 0.3) is 0 Å². The molecule has 3 aromatic carbocycles. The van der Waals surface area contributed by atoms with Crippen LogP contribution in [0.1, 0.15) is 94.3 Å². The maximum absolute atomic E-state index is 12.5. The summed E-state index contributed by atoms with van der Waals surface area (Å²) in [5.74, 6) is 1.25. The van der Waals surface area contributed by atoms with Gasteiger partial charge in [0.05, 0.1) is 44.8 Å². The fourth-order valence-corrected chi connectivity index (χ4v) is 6.89. The van der Waals surface area contributed by atoms with Gasteiger partial charge in [-0.2, -0.15) is 5.10 Å². The maximum atomic E-state index is 12.5. The number of unbranched alkanes of at least 4 members (excludes halogenated alkanes) is 2. The molecule has 0 saturated heterocycles. The summed E-state index contributed by atoms with van der Waals surface area (Å²) >= 11 is 0. The Balaban J connectivity index is 0.930. The van der Waals surface area contributed by atoms with Gasteiger partial charge in [0.15, 0.2) is 5.78 Å². The van der Waals surface area contributed by atoms with E-state index in [2.05, 4.69) is 32.7 Å². The third-order valence-corrected chi connectivity index (χ3v) is 10.1. The van der Waals surface area contributed by atoms with E-state index in [9.17, 15) is 29.4 Å². The van der Waals surface area contributed by atoms with Crippen molar-refractivity contribution in [1.29, 1.82) is 0 Å². The fraction of sp³-hybridized carbons (Fsp3) is 0.375. The number of aliphatic carboxylic acids is 1. The SMILES string of the molecule is C=CCc1c(OCCCCCOc2cccc(OCCCC(=O)NCCOCCNC(=O)c3ccc(N/N=C/c4ccccc4O)nc3)c2CCC(=O)O)ccc2c1CCCC2=O. The Labute approximate surface area is 367 Å². The van der Waals surface area contributed by atoms with Crippen LogP contribution in [-0.2, 0) is 33.6 Å². The number of amides is 2. The minimum absolute atomic E-state index is 0.0838. The lowest BCUT2D eigenvalue weighted by atomic mass is 9.86. The number of phenols is 1. The Hall–Kier alpha value is -6.74. The molecule has 0 aliphatic heterocycles. The van der Waals surface area contributed by atoms with Gasteiger partial charge in [-0.05, 0) is 105 Å². The van der Waals surface area contributed by atoms with Crippen LogP contribution < -0.4 is 30.3 Å². The van der Waals surface area contributed by atoms with Gasteiger partial charge in [-0.3, -0.25) is 24.6 Å². The molecule has 5 rings (SSSR count). The number of aromatic hydroxyl groups is 1. The number of anilines is 1. The van der Waals surface area contributed by atoms with E-state index in [-0.39, 0.29) is 69.0 Å². The van der Waals surface area contributed by atoms with Gasteiger partial charge in [0.2, 0.25) is 5.91 Å². The van der Waals surface area contributed by atoms with Crippen LogP contribution in [0.3, 0.4) is 0 Å². The van der Waals surface area contributed by atoms with E-state index in [0.717, 1.165) is 54.5 Å². The summed E-state index contributed by atoms with van der Waals surface area (Å²) in [6.45, 7) is 6.22. The lowest BCUT2D eigenvalue weighted by Gasteiger charge is -2.21. The number of rotatable bonds is 28. The standard InChI is InChI=1S/C48H57N5O10/c1-2-11-38-36-13-8-15-41(55)37(36)20-22-44(38)62-28-7-3-6-27-61-42-16-9-17-43(39(42)21-24-47(57)58)63-29-10-18-46(56)49-25-30-60-31-26-50-48(59)35-19-23-45(51-32-35)53-52-33-34-12-4-5-14-40(34)54/h2,4-5,9,12,14,16-17,19-20,22-23,32-33,54H,1,3,6-8,10-11,13,15,18,21,24-31H2,(H,49,56)(H,50,59)(H,51,53)(H,57,58)/b52-33+. The summed E-state index contributed by atoms with van der Waals surface area (Å²) in [5.41, 5.74) is 7.30. The third kappa shape index (κ3) is 15.6. The largest absolute Gasteiger partial charge is 0.507 e. The Morgan fingerprint density at radius 3 is 2.19 bits per heavy atom. The number of carbonyl (C=O) groups excluding carboxylic acids is 3. The summed E-state index contributed by atoms with van der Waals surface area (Å²) in [6, 6.07) is 19.2. The van der Waals surface area contributed by atoms with Gasteiger partial charge in [-0.1, -0.05) is 24.3 Å². The predicted octanol–water partition coefficient (Wildman–Crippen LogP) is 6.85. The second kappa shape index (κ2) is 25.9. The molecule has 1 aromatic heterocycles. The predicted molar refractivity (Wildman–Crippen MR) is 239 cm³/mol. The van der Waals surface area contributed by atoms with Crippen molar-refractivity contribution in [2.75, 3.05) is 51.5 Å². The van der Waals surface area contributed by atoms with E-state index >= 15 is 0 Å². The van der Waals surface area contributed by atoms with Crippen molar-refractivity contribution in [3.05, 3.63) is 119 Å². The molecular weight excluding hydrogens is 807 g/mol. The number of nitrogens with zero attached hydrogens (tertiary/aromatic N) is 2. The highest BCUT2D eigenvalue weighted by molar-refractivity contribution is 5.99. The number of ketones is 1. The lowest BCUT2D eigenvalue weighted by molar-refractivity contribution is -0.137. The van der Waals surface area contributed by atoms with Crippen molar-refractivity contribution in [2.45, 2.75) is 70.6 Å². The minimum Gasteiger partial charge on any atom is -0.507 e. The summed E-state index contributed by atoms with van der Waals surface area (Å²) in [4.78, 5) is 52.9. The number of hydrogen-bond acceptors (Lipinski definition) is 12. The van der Waals surface area contributed by atoms with Gasteiger partial charge in [0.1, 0.15) is 28.8 Å². The molecule has 15 heteroatoms. The highest BCUT2D eigenvalue weighted by Gasteiger charge is 2.22. The number of pyridine rings is 1. The van der Waals surface area contributed by atoms with E-state index in [1.165, 1.54) is 12.4 Å². The molecule has 63 heavy (non-hydrogen) atoms. The summed E-state index contributed by atoms with van der Waals surface area (Å²) in [6.07, 6.45) is 11.0. The monoisotopic (exact) mass is 863 g/mol. The van der Waals surface area contributed by atoms with E-state index in [4.69, 9.17) is 18.9 Å². The van der Waals surface area contributed by atoms with Gasteiger partial charge >= 0.3 is 5.97 Å². The Bertz CT molecular complexity index is 2180. The first-order chi connectivity index (χ1) is 30.7. The number of benzene rings is 3. The van der Waals surface area contributed by atoms with Crippen LogP contribution in [0, 0.1) is 0 Å². The highest BCUT2D eigenvalue weighted by atomic mass is 16.5. The maximum Gasteiger partial charge on any atom is 0.303 e. The lowest BCUT2D eigenvalue weighted by Crippen LogP contribution is -2.30. The molecule has 4 aromatic rings. The van der Waals surface area contributed by atoms with Gasteiger partial charge < -0.3 is 39.8 Å². The topological polar surface area (TPSA) is 207 Å². The van der Waals surface area contributed by atoms with E-state index in [1.807, 2.05) is 24.3 Å². The molecule has 0 bridgehead atoms. The molecule has 2 amide bonds. The third-order valence-electron chi connectivity index (χ3n) is 10.1.